The van der Waals surface area contributed by atoms with E-state index >= 15 is 0 Å². The second-order valence-corrected chi connectivity index (χ2v) is 6.42. The number of hydrogen-bond donors (Lipinski definition) is 1. The highest BCUT2D eigenvalue weighted by atomic mass is 79.9. The molecule has 2 N–H and O–H groups in total. The summed E-state index contributed by atoms with van der Waals surface area (Å²) in [6.45, 7) is 6.94. The van der Waals surface area contributed by atoms with Crippen molar-refractivity contribution in [3.05, 3.63) is 0 Å². The summed E-state index contributed by atoms with van der Waals surface area (Å²) in [6, 6.07) is 0. The van der Waals surface area contributed by atoms with E-state index in [1.165, 1.54) is 70.4 Å². The molecule has 0 rings (SSSR count). The molecule has 0 saturated carbocycles. The van der Waals surface area contributed by atoms with Gasteiger partial charge in [-0.05, 0) is 37.3 Å². The summed E-state index contributed by atoms with van der Waals surface area (Å²) < 4.78 is 0. The number of hydrogen-bond acceptors (Lipinski definition) is 1. The zero-order valence-corrected chi connectivity index (χ0v) is 15.5. The maximum Gasteiger partial charge on any atom is -0.0219 e. The maximum atomic E-state index is 5.75. The van der Waals surface area contributed by atoms with Gasteiger partial charge in [0.15, 0.2) is 0 Å². The summed E-state index contributed by atoms with van der Waals surface area (Å²) in [5.74, 6) is 0. The first-order chi connectivity index (χ1) is 8.24. The topological polar surface area (TPSA) is 26.0 Å². The van der Waals surface area contributed by atoms with Crippen molar-refractivity contribution >= 4 is 25.7 Å². The Kier molecular flexibility index (Phi) is 16.8. The fourth-order valence-corrected chi connectivity index (χ4v) is 3.42. The molecule has 112 valence electrons. The fourth-order valence-electron chi connectivity index (χ4n) is 2.74. The van der Waals surface area contributed by atoms with Crippen LogP contribution in [0, 0.1) is 5.41 Å². The number of rotatable bonds is 12. The SMILES string of the molecule is Br.CCCCC(CCCC)(CCCC)CCPN. The normalized spacial score (nSPS) is 12.0. The van der Waals surface area contributed by atoms with Gasteiger partial charge in [0.05, 0.1) is 0 Å². The Labute approximate surface area is 128 Å². The predicted octanol–water partition coefficient (Wildman–Crippen LogP) is 6.06. The summed E-state index contributed by atoms with van der Waals surface area (Å²) in [5, 5.41) is 0. The van der Waals surface area contributed by atoms with Crippen molar-refractivity contribution < 1.29 is 0 Å². The molecule has 0 aliphatic heterocycles. The van der Waals surface area contributed by atoms with Crippen LogP contribution in [0.2, 0.25) is 0 Å². The van der Waals surface area contributed by atoms with Crippen LogP contribution in [0.1, 0.15) is 85.0 Å². The zero-order chi connectivity index (χ0) is 13.0. The monoisotopic (exact) mass is 339 g/mol. The number of unbranched alkanes of at least 4 members (excludes halogenated alkanes) is 3. The van der Waals surface area contributed by atoms with Gasteiger partial charge in [-0.2, -0.15) is 0 Å². The molecule has 1 unspecified atom stereocenters. The molecule has 0 aliphatic rings. The summed E-state index contributed by atoms with van der Waals surface area (Å²) in [6.07, 6.45) is 15.2. The standard InChI is InChI=1S/C15H34NP.BrH/c1-4-7-10-15(11-8-5-2,12-9-6-3)13-14-17-16;/h17H,4-14,16H2,1-3H3;1H. The van der Waals surface area contributed by atoms with Gasteiger partial charge >= 0.3 is 0 Å². The molecule has 0 heterocycles. The van der Waals surface area contributed by atoms with Crippen molar-refractivity contribution in [3.8, 4) is 0 Å². The Hall–Kier alpha value is 0.870. The third-order valence-electron chi connectivity index (χ3n) is 3.98. The Bertz CT molecular complexity index is 127. The van der Waals surface area contributed by atoms with E-state index < -0.39 is 0 Å². The number of nitrogens with two attached hydrogens (primary N) is 1. The molecule has 0 aromatic carbocycles. The smallest absolute Gasteiger partial charge is 0.0219 e. The minimum absolute atomic E-state index is 0. The van der Waals surface area contributed by atoms with Crippen molar-refractivity contribution in [2.24, 2.45) is 10.9 Å². The van der Waals surface area contributed by atoms with Gasteiger partial charge in [0.2, 0.25) is 0 Å². The Morgan fingerprint density at radius 1 is 0.778 bits per heavy atom. The maximum absolute atomic E-state index is 5.75. The summed E-state index contributed by atoms with van der Waals surface area (Å²) in [5.41, 5.74) is 6.38. The molecule has 0 amide bonds. The summed E-state index contributed by atoms with van der Waals surface area (Å²) in [7, 11) is 0.647. The van der Waals surface area contributed by atoms with E-state index in [1.807, 2.05) is 0 Å². The van der Waals surface area contributed by atoms with Gasteiger partial charge < -0.3 is 5.50 Å². The number of halogens is 1. The molecule has 0 radical (unpaired) electrons. The predicted molar refractivity (Wildman–Crippen MR) is 93.3 cm³/mol. The van der Waals surface area contributed by atoms with E-state index in [-0.39, 0.29) is 17.0 Å². The van der Waals surface area contributed by atoms with Crippen LogP contribution in [0.15, 0.2) is 0 Å². The van der Waals surface area contributed by atoms with Crippen LogP contribution < -0.4 is 5.50 Å². The zero-order valence-electron chi connectivity index (χ0n) is 12.8. The first kappa shape index (κ1) is 21.2. The van der Waals surface area contributed by atoms with Crippen LogP contribution >= 0.6 is 25.7 Å². The van der Waals surface area contributed by atoms with Crippen molar-refractivity contribution in [2.75, 3.05) is 6.16 Å². The van der Waals surface area contributed by atoms with Crippen molar-refractivity contribution in [3.63, 3.8) is 0 Å². The molecule has 0 aromatic rings. The van der Waals surface area contributed by atoms with Crippen LogP contribution in [-0.4, -0.2) is 6.16 Å². The van der Waals surface area contributed by atoms with Gasteiger partial charge in [-0.25, -0.2) is 0 Å². The molecule has 0 aromatic heterocycles. The Balaban J connectivity index is 0. The second-order valence-electron chi connectivity index (χ2n) is 5.51. The highest BCUT2D eigenvalue weighted by Gasteiger charge is 2.27. The molecular weight excluding hydrogens is 305 g/mol. The van der Waals surface area contributed by atoms with Crippen molar-refractivity contribution in [2.45, 2.75) is 85.0 Å². The minimum Gasteiger partial charge on any atom is -0.312 e. The van der Waals surface area contributed by atoms with Gasteiger partial charge in [0, 0.05) is 0 Å². The molecule has 0 fully saturated rings. The van der Waals surface area contributed by atoms with E-state index in [0.29, 0.717) is 14.1 Å². The van der Waals surface area contributed by atoms with Crippen LogP contribution in [0.5, 0.6) is 0 Å². The van der Waals surface area contributed by atoms with E-state index in [4.69, 9.17) is 5.50 Å². The van der Waals surface area contributed by atoms with Gasteiger partial charge in [0.1, 0.15) is 0 Å². The highest BCUT2D eigenvalue weighted by molar-refractivity contribution is 8.93. The first-order valence-electron chi connectivity index (χ1n) is 7.68. The van der Waals surface area contributed by atoms with E-state index in [0.717, 1.165) is 0 Å². The van der Waals surface area contributed by atoms with Crippen LogP contribution in [-0.2, 0) is 0 Å². The first-order valence-corrected chi connectivity index (χ1v) is 8.96. The molecule has 0 bridgehead atoms. The quantitative estimate of drug-likeness (QED) is 0.429. The lowest BCUT2D eigenvalue weighted by Crippen LogP contribution is -2.22. The van der Waals surface area contributed by atoms with E-state index in [1.54, 1.807) is 0 Å². The summed E-state index contributed by atoms with van der Waals surface area (Å²) >= 11 is 0. The molecule has 1 nitrogen and oxygen atoms in total. The highest BCUT2D eigenvalue weighted by Crippen LogP contribution is 2.40. The molecular formula is C15H35BrNP. The van der Waals surface area contributed by atoms with Gasteiger partial charge in [0.25, 0.3) is 0 Å². The molecule has 3 heteroatoms. The fraction of sp³-hybridized carbons (Fsp3) is 1.00. The van der Waals surface area contributed by atoms with E-state index in [2.05, 4.69) is 20.8 Å². The van der Waals surface area contributed by atoms with Gasteiger partial charge in [-0.1, -0.05) is 68.0 Å². The minimum atomic E-state index is 0. The largest absolute Gasteiger partial charge is 0.312 e. The van der Waals surface area contributed by atoms with Gasteiger partial charge in [-0.15, -0.1) is 17.0 Å². The lowest BCUT2D eigenvalue weighted by molar-refractivity contribution is 0.192. The second kappa shape index (κ2) is 14.3. The average Bonchev–Trinajstić information content (AvgIpc) is 2.37. The Morgan fingerprint density at radius 3 is 1.44 bits per heavy atom. The van der Waals surface area contributed by atoms with Crippen LogP contribution in [0.25, 0.3) is 0 Å². The Morgan fingerprint density at radius 2 is 1.17 bits per heavy atom. The molecule has 0 saturated heterocycles. The molecule has 0 aliphatic carbocycles. The van der Waals surface area contributed by atoms with Crippen molar-refractivity contribution in [1.82, 2.24) is 0 Å². The molecule has 0 spiro atoms. The third kappa shape index (κ3) is 9.75. The van der Waals surface area contributed by atoms with Crippen molar-refractivity contribution in [1.29, 1.82) is 0 Å². The molecule has 1 atom stereocenters. The average molecular weight is 340 g/mol. The lowest BCUT2D eigenvalue weighted by Gasteiger charge is -2.34. The summed E-state index contributed by atoms with van der Waals surface area (Å²) in [4.78, 5) is 0. The van der Waals surface area contributed by atoms with Gasteiger partial charge in [-0.3, -0.25) is 0 Å². The van der Waals surface area contributed by atoms with Crippen LogP contribution in [0.4, 0.5) is 0 Å². The lowest BCUT2D eigenvalue weighted by atomic mass is 9.72. The third-order valence-corrected chi connectivity index (χ3v) is 4.52. The molecule has 18 heavy (non-hydrogen) atoms. The van der Waals surface area contributed by atoms with Crippen LogP contribution in [0.3, 0.4) is 0 Å². The van der Waals surface area contributed by atoms with E-state index in [9.17, 15) is 0 Å².